The number of methoxy groups -OCH3 is 2. The Labute approximate surface area is 381 Å². The van der Waals surface area contributed by atoms with Crippen LogP contribution in [0.2, 0.25) is 0 Å². The highest BCUT2D eigenvalue weighted by Gasteiger charge is 2.42. The maximum absolute atomic E-state index is 14.3. The SMILES string of the molecule is CC#Cc1cc2[nH]c([C@@H]3CCCN3C(=O)[C@@H](NC(=O)OC)C(C)C)nc2c2ccc(-c3ccc4c(ccc5[nH]c([C@@H]6C[C@H](COC)CN6C(=O)[C@H](NC(=O)O)c6ccccc6)nc54)c3)cc12. The number of likely N-dealkylation sites (tertiary alicyclic amines) is 2. The monoisotopic (exact) mass is 888 g/mol. The van der Waals surface area contributed by atoms with E-state index < -0.39 is 30.3 Å². The predicted octanol–water partition coefficient (Wildman–Crippen LogP) is 8.37. The number of imidazole rings is 2. The average Bonchev–Trinajstić information content (AvgIpc) is 4.15. The van der Waals surface area contributed by atoms with Crippen LogP contribution in [-0.2, 0) is 19.1 Å². The molecule has 4 amide bonds. The number of H-pyrrole nitrogens is 2. The number of amides is 4. The first-order chi connectivity index (χ1) is 32.0. The molecule has 2 aliphatic heterocycles. The molecule has 338 valence electrons. The zero-order valence-electron chi connectivity index (χ0n) is 37.5. The van der Waals surface area contributed by atoms with Gasteiger partial charge in [-0.15, -0.1) is 5.92 Å². The van der Waals surface area contributed by atoms with Crippen molar-refractivity contribution >= 4 is 67.6 Å². The lowest BCUT2D eigenvalue weighted by molar-refractivity contribution is -0.136. The zero-order valence-corrected chi connectivity index (χ0v) is 37.5. The van der Waals surface area contributed by atoms with Gasteiger partial charge in [-0.2, -0.15) is 0 Å². The maximum Gasteiger partial charge on any atom is 0.407 e. The molecule has 0 saturated carbocycles. The quantitative estimate of drug-likeness (QED) is 0.0793. The van der Waals surface area contributed by atoms with E-state index in [2.05, 4.69) is 74.9 Å². The summed E-state index contributed by atoms with van der Waals surface area (Å²) in [5.41, 5.74) is 6.64. The molecule has 2 aromatic heterocycles. The van der Waals surface area contributed by atoms with Gasteiger partial charge in [0.05, 0.1) is 47.9 Å². The minimum absolute atomic E-state index is 0.0313. The molecule has 2 aliphatic rings. The molecule has 5 atom stereocenters. The third-order valence-electron chi connectivity index (χ3n) is 13.0. The molecule has 2 saturated heterocycles. The Morgan fingerprint density at radius 2 is 1.53 bits per heavy atom. The lowest BCUT2D eigenvalue weighted by Gasteiger charge is -2.29. The summed E-state index contributed by atoms with van der Waals surface area (Å²) in [7, 11) is 2.92. The van der Waals surface area contributed by atoms with Crippen molar-refractivity contribution in [1.29, 1.82) is 0 Å². The molecule has 0 radical (unpaired) electrons. The second-order valence-corrected chi connectivity index (χ2v) is 17.5. The van der Waals surface area contributed by atoms with Crippen molar-refractivity contribution in [3.8, 4) is 23.0 Å². The first kappa shape index (κ1) is 43.8. The molecule has 0 unspecified atom stereocenters. The Morgan fingerprint density at radius 3 is 2.24 bits per heavy atom. The van der Waals surface area contributed by atoms with Gasteiger partial charge >= 0.3 is 12.2 Å². The molecule has 7 aromatic rings. The Hall–Kier alpha value is -7.44. The van der Waals surface area contributed by atoms with Crippen LogP contribution >= 0.6 is 0 Å². The molecule has 2 fully saturated rings. The van der Waals surface area contributed by atoms with Gasteiger partial charge in [-0.05, 0) is 78.4 Å². The molecule has 5 aromatic carbocycles. The summed E-state index contributed by atoms with van der Waals surface area (Å²) in [6, 6.07) is 25.1. The highest BCUT2D eigenvalue weighted by molar-refractivity contribution is 6.09. The number of nitrogens with zero attached hydrogens (tertiary/aromatic N) is 4. The van der Waals surface area contributed by atoms with E-state index in [1.807, 2.05) is 43.9 Å². The number of rotatable bonds is 11. The molecular weight excluding hydrogens is 837 g/mol. The van der Waals surface area contributed by atoms with Crippen LogP contribution in [0.3, 0.4) is 0 Å². The normalized spacial score (nSPS) is 18.2. The molecular formula is C51H52N8O7. The van der Waals surface area contributed by atoms with Crippen molar-refractivity contribution in [2.45, 2.75) is 64.2 Å². The zero-order chi connectivity index (χ0) is 46.2. The minimum Gasteiger partial charge on any atom is -0.465 e. The maximum atomic E-state index is 14.3. The highest BCUT2D eigenvalue weighted by atomic mass is 16.5. The van der Waals surface area contributed by atoms with E-state index >= 15 is 0 Å². The number of alkyl carbamates (subject to hydrolysis) is 1. The molecule has 4 heterocycles. The van der Waals surface area contributed by atoms with E-state index in [0.717, 1.165) is 73.1 Å². The predicted molar refractivity (Wildman–Crippen MR) is 251 cm³/mol. The molecule has 5 N–H and O–H groups in total. The van der Waals surface area contributed by atoms with E-state index in [-0.39, 0.29) is 29.7 Å². The first-order valence-corrected chi connectivity index (χ1v) is 22.3. The van der Waals surface area contributed by atoms with Gasteiger partial charge in [0.15, 0.2) is 0 Å². The van der Waals surface area contributed by atoms with Gasteiger partial charge in [0.1, 0.15) is 23.7 Å². The molecule has 0 bridgehead atoms. The number of ether oxygens (including phenoxy) is 2. The summed E-state index contributed by atoms with van der Waals surface area (Å²) >= 11 is 0. The third kappa shape index (κ3) is 8.24. The molecule has 0 aliphatic carbocycles. The number of carbonyl (C=O) groups excluding carboxylic acids is 3. The second kappa shape index (κ2) is 18.2. The number of aromatic amines is 2. The van der Waals surface area contributed by atoms with E-state index in [0.29, 0.717) is 43.3 Å². The summed E-state index contributed by atoms with van der Waals surface area (Å²) in [6.07, 6.45) is 0.222. The van der Waals surface area contributed by atoms with Crippen LogP contribution in [0.25, 0.3) is 54.7 Å². The van der Waals surface area contributed by atoms with Crippen LogP contribution in [0.4, 0.5) is 9.59 Å². The van der Waals surface area contributed by atoms with Crippen LogP contribution in [0.15, 0.2) is 84.9 Å². The number of aromatic nitrogens is 4. The van der Waals surface area contributed by atoms with Crippen LogP contribution in [-0.4, -0.2) is 98.8 Å². The summed E-state index contributed by atoms with van der Waals surface area (Å²) in [5.74, 6) is 7.09. The van der Waals surface area contributed by atoms with Crippen molar-refractivity contribution in [2.24, 2.45) is 11.8 Å². The number of hydrogen-bond donors (Lipinski definition) is 5. The molecule has 9 rings (SSSR count). The summed E-state index contributed by atoms with van der Waals surface area (Å²) in [5, 5.41) is 18.7. The topological polar surface area (TPSA) is 195 Å². The number of fused-ring (bicyclic) bond motifs is 6. The lowest BCUT2D eigenvalue weighted by Crippen LogP contribution is -2.51. The standard InChI is InChI=1S/C51H52N8O7/c1-6-11-33-25-39-45(55-46(53-39)40-14-10-21-58(40)48(60)42(28(2)3)57-51(64)66-5)36-19-16-32(24-37(33)36)31-15-18-35-34(23-31)17-20-38-44(35)54-47(52-38)41-22-29(27-65-4)26-59(41)49(61)43(56-50(62)63)30-12-8-7-9-13-30/h7-9,12-13,15-20,23-25,28-29,40-43,56H,10,14,21-22,26-27H2,1-5H3,(H,52,54)(H,53,55)(H,57,64)(H,62,63)/t29-,40-,41-,42-,43+/m0/s1. The van der Waals surface area contributed by atoms with E-state index in [1.165, 1.54) is 7.11 Å². The number of carbonyl (C=O) groups is 4. The van der Waals surface area contributed by atoms with Crippen LogP contribution in [0, 0.1) is 23.7 Å². The molecule has 15 nitrogen and oxygen atoms in total. The second-order valence-electron chi connectivity index (χ2n) is 17.5. The van der Waals surface area contributed by atoms with Crippen LogP contribution in [0.5, 0.6) is 0 Å². The summed E-state index contributed by atoms with van der Waals surface area (Å²) < 4.78 is 10.3. The van der Waals surface area contributed by atoms with E-state index in [9.17, 15) is 24.3 Å². The molecule has 15 heteroatoms. The van der Waals surface area contributed by atoms with Crippen LogP contribution < -0.4 is 10.6 Å². The smallest absolute Gasteiger partial charge is 0.407 e. The third-order valence-corrected chi connectivity index (χ3v) is 13.0. The number of carboxylic acid groups (broad SMARTS) is 1. The van der Waals surface area contributed by atoms with Gasteiger partial charge in [0, 0.05) is 47.8 Å². The van der Waals surface area contributed by atoms with Gasteiger partial charge in [-0.25, -0.2) is 19.6 Å². The highest BCUT2D eigenvalue weighted by Crippen LogP contribution is 2.40. The number of nitrogens with one attached hydrogen (secondary N) is 4. The summed E-state index contributed by atoms with van der Waals surface area (Å²) in [6.45, 7) is 7.01. The number of hydrogen-bond acceptors (Lipinski definition) is 8. The van der Waals surface area contributed by atoms with Gasteiger partial charge in [-0.1, -0.05) is 80.4 Å². The Kier molecular flexibility index (Phi) is 12.1. The Bertz CT molecular complexity index is 3080. The molecule has 0 spiro atoms. The largest absolute Gasteiger partial charge is 0.465 e. The van der Waals surface area contributed by atoms with Crippen molar-refractivity contribution in [3.05, 3.63) is 108 Å². The Morgan fingerprint density at radius 1 is 0.818 bits per heavy atom. The van der Waals surface area contributed by atoms with Crippen molar-refractivity contribution in [3.63, 3.8) is 0 Å². The van der Waals surface area contributed by atoms with E-state index in [4.69, 9.17) is 19.4 Å². The van der Waals surface area contributed by atoms with Crippen molar-refractivity contribution in [1.82, 2.24) is 40.4 Å². The van der Waals surface area contributed by atoms with Gasteiger partial charge < -0.3 is 45.0 Å². The molecule has 66 heavy (non-hydrogen) atoms. The van der Waals surface area contributed by atoms with Gasteiger partial charge in [0.25, 0.3) is 5.91 Å². The van der Waals surface area contributed by atoms with Crippen molar-refractivity contribution in [2.75, 3.05) is 33.9 Å². The van der Waals surface area contributed by atoms with Crippen LogP contribution in [0.1, 0.15) is 80.9 Å². The fraction of sp³-hybridized carbons (Fsp3) is 0.333. The average molecular weight is 889 g/mol. The van der Waals surface area contributed by atoms with Gasteiger partial charge in [-0.3, -0.25) is 9.59 Å². The fourth-order valence-electron chi connectivity index (χ4n) is 9.84. The number of benzene rings is 5. The van der Waals surface area contributed by atoms with Crippen molar-refractivity contribution < 1.29 is 33.8 Å². The van der Waals surface area contributed by atoms with Gasteiger partial charge in [0.2, 0.25) is 5.91 Å². The summed E-state index contributed by atoms with van der Waals surface area (Å²) in [4.78, 5) is 73.0. The first-order valence-electron chi connectivity index (χ1n) is 22.3. The Balaban J connectivity index is 1.03. The fourth-order valence-corrected chi connectivity index (χ4v) is 9.84. The van der Waals surface area contributed by atoms with E-state index in [1.54, 1.807) is 36.3 Å². The lowest BCUT2D eigenvalue weighted by atomic mass is 9.95. The minimum atomic E-state index is -1.28.